The van der Waals surface area contributed by atoms with Crippen LogP contribution in [0.25, 0.3) is 0 Å². The van der Waals surface area contributed by atoms with Gasteiger partial charge in [-0.3, -0.25) is 4.99 Å². The predicted molar refractivity (Wildman–Crippen MR) is 118 cm³/mol. The van der Waals surface area contributed by atoms with Gasteiger partial charge in [-0.1, -0.05) is 11.2 Å². The van der Waals surface area contributed by atoms with E-state index in [1.807, 2.05) is 45.0 Å². The van der Waals surface area contributed by atoms with Crippen LogP contribution in [0.15, 0.2) is 33.8 Å². The smallest absolute Gasteiger partial charge is 0.191 e. The molecule has 8 heteroatoms. The van der Waals surface area contributed by atoms with Crippen molar-refractivity contribution in [3.05, 3.63) is 41.3 Å². The van der Waals surface area contributed by atoms with E-state index in [1.165, 1.54) is 0 Å². The third-order valence-electron chi connectivity index (χ3n) is 4.01. The van der Waals surface area contributed by atoms with Crippen LogP contribution in [-0.4, -0.2) is 44.5 Å². The number of nitrogens with one attached hydrogen (secondary N) is 2. The minimum Gasteiger partial charge on any atom is -0.497 e. The van der Waals surface area contributed by atoms with Gasteiger partial charge in [-0.15, -0.1) is 24.0 Å². The third kappa shape index (κ3) is 7.28. The SMILES string of the molecule is CN=C(NCCc1c(C)noc1C)NCC(C)Oc1cccc(OC)c1.I. The highest BCUT2D eigenvalue weighted by Crippen LogP contribution is 2.19. The lowest BCUT2D eigenvalue weighted by atomic mass is 10.1. The maximum absolute atomic E-state index is 5.90. The van der Waals surface area contributed by atoms with Crippen LogP contribution in [0.4, 0.5) is 0 Å². The van der Waals surface area contributed by atoms with Crippen LogP contribution in [0.5, 0.6) is 11.5 Å². The average Bonchev–Trinajstić information content (AvgIpc) is 2.96. The number of ether oxygens (including phenoxy) is 2. The molecule has 0 aliphatic heterocycles. The number of guanidine groups is 1. The second-order valence-corrected chi connectivity index (χ2v) is 6.04. The monoisotopic (exact) mass is 488 g/mol. The van der Waals surface area contributed by atoms with Crippen molar-refractivity contribution in [1.82, 2.24) is 15.8 Å². The van der Waals surface area contributed by atoms with Gasteiger partial charge in [-0.05, 0) is 39.3 Å². The molecule has 0 spiro atoms. The molecule has 0 saturated heterocycles. The molecule has 0 fully saturated rings. The number of methoxy groups -OCH3 is 1. The first-order valence-corrected chi connectivity index (χ1v) is 8.70. The summed E-state index contributed by atoms with van der Waals surface area (Å²) in [5.74, 6) is 3.16. The van der Waals surface area contributed by atoms with Crippen LogP contribution in [0, 0.1) is 13.8 Å². The number of aromatic nitrogens is 1. The molecule has 1 unspecified atom stereocenters. The molecular weight excluding hydrogens is 459 g/mol. The Hall–Kier alpha value is -1.97. The summed E-state index contributed by atoms with van der Waals surface area (Å²) in [6, 6.07) is 7.58. The summed E-state index contributed by atoms with van der Waals surface area (Å²) in [5.41, 5.74) is 2.08. The number of hydrogen-bond acceptors (Lipinski definition) is 5. The van der Waals surface area contributed by atoms with E-state index < -0.39 is 0 Å². The van der Waals surface area contributed by atoms with Crippen LogP contribution in [0.1, 0.15) is 23.9 Å². The van der Waals surface area contributed by atoms with Gasteiger partial charge in [-0.25, -0.2) is 0 Å². The van der Waals surface area contributed by atoms with E-state index in [-0.39, 0.29) is 30.1 Å². The van der Waals surface area contributed by atoms with Crippen LogP contribution in [-0.2, 0) is 6.42 Å². The molecule has 2 N–H and O–H groups in total. The molecular formula is C19H29IN4O3. The Morgan fingerprint density at radius 2 is 2.00 bits per heavy atom. The van der Waals surface area contributed by atoms with Crippen LogP contribution in [0.2, 0.25) is 0 Å². The van der Waals surface area contributed by atoms with Gasteiger partial charge in [-0.2, -0.15) is 0 Å². The van der Waals surface area contributed by atoms with Crippen molar-refractivity contribution in [1.29, 1.82) is 0 Å². The summed E-state index contributed by atoms with van der Waals surface area (Å²) in [6.07, 6.45) is 0.806. The van der Waals surface area contributed by atoms with Crippen LogP contribution >= 0.6 is 24.0 Å². The quantitative estimate of drug-likeness (QED) is 0.338. The highest BCUT2D eigenvalue weighted by Gasteiger charge is 2.10. The Morgan fingerprint density at radius 1 is 1.26 bits per heavy atom. The maximum Gasteiger partial charge on any atom is 0.191 e. The summed E-state index contributed by atoms with van der Waals surface area (Å²) in [4.78, 5) is 4.24. The lowest BCUT2D eigenvalue weighted by molar-refractivity contribution is 0.223. The minimum absolute atomic E-state index is 0. The molecule has 0 radical (unpaired) electrons. The first-order chi connectivity index (χ1) is 12.5. The standard InChI is InChI=1S/C19H28N4O3.HI/c1-13(25-17-8-6-7-16(11-17)24-5)12-22-19(20-4)21-10-9-18-14(2)23-26-15(18)3;/h6-8,11,13H,9-10,12H2,1-5H3,(H2,20,21,22);1H. The van der Waals surface area contributed by atoms with E-state index in [0.29, 0.717) is 6.54 Å². The Bertz CT molecular complexity index is 714. The third-order valence-corrected chi connectivity index (χ3v) is 4.01. The van der Waals surface area contributed by atoms with E-state index in [0.717, 1.165) is 47.4 Å². The summed E-state index contributed by atoms with van der Waals surface area (Å²) in [6.45, 7) is 7.26. The normalized spacial score (nSPS) is 12.1. The highest BCUT2D eigenvalue weighted by molar-refractivity contribution is 14.0. The van der Waals surface area contributed by atoms with Gasteiger partial charge in [0.25, 0.3) is 0 Å². The zero-order valence-corrected chi connectivity index (χ0v) is 18.9. The van der Waals surface area contributed by atoms with E-state index in [9.17, 15) is 0 Å². The van der Waals surface area contributed by atoms with Gasteiger partial charge in [0.2, 0.25) is 0 Å². The molecule has 0 saturated carbocycles. The summed E-state index contributed by atoms with van der Waals surface area (Å²) >= 11 is 0. The highest BCUT2D eigenvalue weighted by atomic mass is 127. The lowest BCUT2D eigenvalue weighted by Gasteiger charge is -2.18. The second kappa shape index (κ2) is 11.7. The molecule has 0 aliphatic carbocycles. The molecule has 1 aromatic carbocycles. The zero-order chi connectivity index (χ0) is 18.9. The van der Waals surface area contributed by atoms with E-state index in [4.69, 9.17) is 14.0 Å². The van der Waals surface area contributed by atoms with Crippen molar-refractivity contribution in [2.75, 3.05) is 27.2 Å². The van der Waals surface area contributed by atoms with Gasteiger partial charge >= 0.3 is 0 Å². The Balaban J connectivity index is 0.00000364. The van der Waals surface area contributed by atoms with Gasteiger partial charge in [0, 0.05) is 25.2 Å². The number of halogens is 1. The van der Waals surface area contributed by atoms with E-state index in [1.54, 1.807) is 14.2 Å². The number of benzene rings is 1. The van der Waals surface area contributed by atoms with Crippen LogP contribution in [0.3, 0.4) is 0 Å². The van der Waals surface area contributed by atoms with Crippen molar-refractivity contribution >= 4 is 29.9 Å². The largest absolute Gasteiger partial charge is 0.497 e. The molecule has 0 amide bonds. The molecule has 1 atom stereocenters. The fourth-order valence-corrected chi connectivity index (χ4v) is 2.57. The second-order valence-electron chi connectivity index (χ2n) is 6.04. The van der Waals surface area contributed by atoms with E-state index in [2.05, 4.69) is 20.8 Å². The Morgan fingerprint density at radius 3 is 2.63 bits per heavy atom. The van der Waals surface area contributed by atoms with Crippen molar-refractivity contribution in [3.63, 3.8) is 0 Å². The van der Waals surface area contributed by atoms with Gasteiger partial charge in [0.05, 0.1) is 19.3 Å². The molecule has 0 aliphatic rings. The van der Waals surface area contributed by atoms with Gasteiger partial charge in [0.15, 0.2) is 5.96 Å². The molecule has 2 rings (SSSR count). The molecule has 1 heterocycles. The average molecular weight is 488 g/mol. The molecule has 27 heavy (non-hydrogen) atoms. The summed E-state index contributed by atoms with van der Waals surface area (Å²) < 4.78 is 16.3. The summed E-state index contributed by atoms with van der Waals surface area (Å²) in [5, 5.41) is 10.5. The van der Waals surface area contributed by atoms with Crippen molar-refractivity contribution in [2.45, 2.75) is 33.3 Å². The Kier molecular flexibility index (Phi) is 9.98. The first kappa shape index (κ1) is 23.1. The maximum atomic E-state index is 5.90. The van der Waals surface area contributed by atoms with Crippen molar-refractivity contribution in [2.24, 2.45) is 4.99 Å². The number of nitrogens with zero attached hydrogens (tertiary/aromatic N) is 2. The van der Waals surface area contributed by atoms with Gasteiger partial charge in [0.1, 0.15) is 23.4 Å². The lowest BCUT2D eigenvalue weighted by Crippen LogP contribution is -2.42. The fourth-order valence-electron chi connectivity index (χ4n) is 2.57. The summed E-state index contributed by atoms with van der Waals surface area (Å²) in [7, 11) is 3.39. The topological polar surface area (TPSA) is 80.9 Å². The van der Waals surface area contributed by atoms with Gasteiger partial charge < -0.3 is 24.6 Å². The minimum atomic E-state index is -0.0248. The van der Waals surface area contributed by atoms with E-state index >= 15 is 0 Å². The number of aliphatic imine (C=N–C) groups is 1. The fraction of sp³-hybridized carbons (Fsp3) is 0.474. The van der Waals surface area contributed by atoms with Crippen molar-refractivity contribution < 1.29 is 14.0 Å². The zero-order valence-electron chi connectivity index (χ0n) is 16.5. The number of rotatable bonds is 8. The Labute approximate surface area is 177 Å². The molecule has 2 aromatic rings. The van der Waals surface area contributed by atoms with Crippen molar-refractivity contribution in [3.8, 4) is 11.5 Å². The van der Waals surface area contributed by atoms with Crippen LogP contribution < -0.4 is 20.1 Å². The number of aryl methyl sites for hydroxylation is 2. The molecule has 7 nitrogen and oxygen atoms in total. The number of hydrogen-bond donors (Lipinski definition) is 2. The molecule has 150 valence electrons. The molecule has 1 aromatic heterocycles. The predicted octanol–water partition coefficient (Wildman–Crippen LogP) is 3.09. The first-order valence-electron chi connectivity index (χ1n) is 8.70. The molecule has 0 bridgehead atoms.